The minimum atomic E-state index is -0.214. The Morgan fingerprint density at radius 3 is 2.71 bits per heavy atom. The highest BCUT2D eigenvalue weighted by Crippen LogP contribution is 2.23. The van der Waals surface area contributed by atoms with E-state index in [0.717, 1.165) is 10.6 Å². The minimum Gasteiger partial charge on any atom is -0.265 e. The molecule has 0 saturated heterocycles. The molecule has 0 fully saturated rings. The van der Waals surface area contributed by atoms with E-state index in [1.54, 1.807) is 6.92 Å². The average Bonchev–Trinajstić information content (AvgIpc) is 2.80. The number of rotatable bonds is 1. The Balaban J connectivity index is 2.28. The molecule has 0 aliphatic rings. The fourth-order valence-corrected chi connectivity index (χ4v) is 2.33. The van der Waals surface area contributed by atoms with Gasteiger partial charge in [-0.1, -0.05) is 41.7 Å². The molecular weight excluding hydrogens is 236 g/mol. The van der Waals surface area contributed by atoms with Crippen molar-refractivity contribution in [3.05, 3.63) is 46.4 Å². The molecule has 2 heterocycles. The summed E-state index contributed by atoms with van der Waals surface area (Å²) in [6.45, 7) is 1.63. The van der Waals surface area contributed by atoms with Crippen LogP contribution in [0, 0.1) is 6.92 Å². The van der Waals surface area contributed by atoms with E-state index in [1.165, 1.54) is 15.9 Å². The zero-order valence-electron chi connectivity index (χ0n) is 8.99. The first kappa shape index (κ1) is 10.1. The van der Waals surface area contributed by atoms with Gasteiger partial charge < -0.3 is 0 Å². The Hall–Kier alpha value is -2.08. The highest BCUT2D eigenvalue weighted by Gasteiger charge is 2.10. The first-order chi connectivity index (χ1) is 8.25. The van der Waals surface area contributed by atoms with E-state index in [-0.39, 0.29) is 5.56 Å². The standard InChI is InChI=1S/C11H8N4OS/c1-7-10(16)15-11(13-12-7)17-9(14-15)8-5-3-2-4-6-8/h2-6H,1H3. The summed E-state index contributed by atoms with van der Waals surface area (Å²) in [5, 5.41) is 12.8. The fraction of sp³-hybridized carbons (Fsp3) is 0.0909. The second-order valence-electron chi connectivity index (χ2n) is 3.56. The third kappa shape index (κ3) is 1.62. The van der Waals surface area contributed by atoms with Crippen LogP contribution < -0.4 is 5.56 Å². The molecule has 84 valence electrons. The van der Waals surface area contributed by atoms with E-state index in [9.17, 15) is 4.79 Å². The molecule has 1 aromatic carbocycles. The van der Waals surface area contributed by atoms with E-state index in [2.05, 4.69) is 15.3 Å². The van der Waals surface area contributed by atoms with E-state index in [1.807, 2.05) is 30.3 Å². The monoisotopic (exact) mass is 244 g/mol. The van der Waals surface area contributed by atoms with Gasteiger partial charge in [-0.15, -0.1) is 10.2 Å². The van der Waals surface area contributed by atoms with Gasteiger partial charge in [-0.3, -0.25) is 4.79 Å². The summed E-state index contributed by atoms with van der Waals surface area (Å²) in [7, 11) is 0. The van der Waals surface area contributed by atoms with Crippen LogP contribution in [0.4, 0.5) is 0 Å². The van der Waals surface area contributed by atoms with Gasteiger partial charge in [0.05, 0.1) is 0 Å². The molecule has 2 aromatic heterocycles. The van der Waals surface area contributed by atoms with Gasteiger partial charge in [-0.05, 0) is 6.92 Å². The average molecular weight is 244 g/mol. The molecule has 0 radical (unpaired) electrons. The molecule has 0 atom stereocenters. The van der Waals surface area contributed by atoms with Crippen molar-refractivity contribution in [2.75, 3.05) is 0 Å². The lowest BCUT2D eigenvalue weighted by Crippen LogP contribution is -2.19. The minimum absolute atomic E-state index is 0.214. The molecule has 0 saturated carbocycles. The second-order valence-corrected chi connectivity index (χ2v) is 4.51. The van der Waals surface area contributed by atoms with Crippen LogP contribution in [-0.4, -0.2) is 19.8 Å². The number of aryl methyl sites for hydroxylation is 1. The molecule has 0 bridgehead atoms. The normalized spacial score (nSPS) is 10.9. The van der Waals surface area contributed by atoms with Gasteiger partial charge in [0, 0.05) is 5.56 Å². The maximum absolute atomic E-state index is 11.8. The van der Waals surface area contributed by atoms with Crippen molar-refractivity contribution < 1.29 is 0 Å². The number of hydrogen-bond acceptors (Lipinski definition) is 5. The molecule has 6 heteroatoms. The van der Waals surface area contributed by atoms with Crippen molar-refractivity contribution >= 4 is 16.3 Å². The molecular formula is C11H8N4OS. The lowest BCUT2D eigenvalue weighted by Gasteiger charge is -1.91. The zero-order valence-corrected chi connectivity index (χ0v) is 9.81. The third-order valence-corrected chi connectivity index (χ3v) is 3.32. The Labute approximate surface area is 100 Å². The van der Waals surface area contributed by atoms with Crippen molar-refractivity contribution in [2.45, 2.75) is 6.92 Å². The summed E-state index contributed by atoms with van der Waals surface area (Å²) < 4.78 is 1.30. The zero-order chi connectivity index (χ0) is 11.8. The van der Waals surface area contributed by atoms with E-state index < -0.39 is 0 Å². The van der Waals surface area contributed by atoms with Crippen molar-refractivity contribution in [1.29, 1.82) is 0 Å². The molecule has 3 rings (SSSR count). The molecule has 0 unspecified atom stereocenters. The SMILES string of the molecule is Cc1nnc2sc(-c3ccccc3)nn2c1=O. The summed E-state index contributed by atoms with van der Waals surface area (Å²) in [6, 6.07) is 9.70. The molecule has 0 aliphatic carbocycles. The van der Waals surface area contributed by atoms with Crippen molar-refractivity contribution in [3.63, 3.8) is 0 Å². The van der Waals surface area contributed by atoms with Crippen molar-refractivity contribution in [1.82, 2.24) is 19.8 Å². The Morgan fingerprint density at radius 1 is 1.18 bits per heavy atom. The van der Waals surface area contributed by atoms with Gasteiger partial charge >= 0.3 is 0 Å². The third-order valence-electron chi connectivity index (χ3n) is 2.37. The van der Waals surface area contributed by atoms with Crippen LogP contribution in [0.25, 0.3) is 15.5 Å². The molecule has 0 aliphatic heterocycles. The van der Waals surface area contributed by atoms with Gasteiger partial charge in [0.2, 0.25) is 4.96 Å². The number of aromatic nitrogens is 4. The van der Waals surface area contributed by atoms with Gasteiger partial charge in [0.15, 0.2) is 0 Å². The highest BCUT2D eigenvalue weighted by molar-refractivity contribution is 7.19. The lowest BCUT2D eigenvalue weighted by atomic mass is 10.2. The Bertz CT molecular complexity index is 732. The van der Waals surface area contributed by atoms with Crippen LogP contribution in [0.1, 0.15) is 5.69 Å². The van der Waals surface area contributed by atoms with Gasteiger partial charge in [0.25, 0.3) is 5.56 Å². The van der Waals surface area contributed by atoms with Gasteiger partial charge in [0.1, 0.15) is 10.7 Å². The van der Waals surface area contributed by atoms with Crippen molar-refractivity contribution in [3.8, 4) is 10.6 Å². The van der Waals surface area contributed by atoms with Gasteiger partial charge in [-0.25, -0.2) is 0 Å². The summed E-state index contributed by atoms with van der Waals surface area (Å²) in [4.78, 5) is 12.3. The summed E-state index contributed by atoms with van der Waals surface area (Å²) >= 11 is 1.35. The first-order valence-electron chi connectivity index (χ1n) is 5.04. The van der Waals surface area contributed by atoms with Crippen LogP contribution >= 0.6 is 11.3 Å². The van der Waals surface area contributed by atoms with E-state index >= 15 is 0 Å². The van der Waals surface area contributed by atoms with Crippen LogP contribution in [-0.2, 0) is 0 Å². The predicted octanol–water partition coefficient (Wildman–Crippen LogP) is 1.52. The van der Waals surface area contributed by atoms with Crippen LogP contribution in [0.2, 0.25) is 0 Å². The quantitative estimate of drug-likeness (QED) is 0.651. The maximum atomic E-state index is 11.8. The summed E-state index contributed by atoms with van der Waals surface area (Å²) in [6.07, 6.45) is 0. The number of nitrogens with zero attached hydrogens (tertiary/aromatic N) is 4. The highest BCUT2D eigenvalue weighted by atomic mass is 32.1. The van der Waals surface area contributed by atoms with Crippen molar-refractivity contribution in [2.24, 2.45) is 0 Å². The van der Waals surface area contributed by atoms with Crippen LogP contribution in [0.15, 0.2) is 35.1 Å². The topological polar surface area (TPSA) is 60.1 Å². The largest absolute Gasteiger partial charge is 0.296 e. The molecule has 5 nitrogen and oxygen atoms in total. The number of hydrogen-bond donors (Lipinski definition) is 0. The Kier molecular flexibility index (Phi) is 2.22. The first-order valence-corrected chi connectivity index (χ1v) is 5.86. The molecule has 0 amide bonds. The summed E-state index contributed by atoms with van der Waals surface area (Å²) in [5.74, 6) is 0. The fourth-order valence-electron chi connectivity index (χ4n) is 1.49. The van der Waals surface area contributed by atoms with Gasteiger partial charge in [-0.2, -0.15) is 9.61 Å². The Morgan fingerprint density at radius 2 is 1.94 bits per heavy atom. The van der Waals surface area contributed by atoms with E-state index in [4.69, 9.17) is 0 Å². The molecule has 17 heavy (non-hydrogen) atoms. The maximum Gasteiger partial charge on any atom is 0.296 e. The number of fused-ring (bicyclic) bond motifs is 1. The molecule has 3 aromatic rings. The molecule has 0 N–H and O–H groups in total. The predicted molar refractivity (Wildman–Crippen MR) is 65.1 cm³/mol. The van der Waals surface area contributed by atoms with E-state index in [0.29, 0.717) is 10.7 Å². The smallest absolute Gasteiger partial charge is 0.265 e. The molecule has 0 spiro atoms. The lowest BCUT2D eigenvalue weighted by molar-refractivity contribution is 0.829. The van der Waals surface area contributed by atoms with Crippen LogP contribution in [0.5, 0.6) is 0 Å². The van der Waals surface area contributed by atoms with Crippen LogP contribution in [0.3, 0.4) is 0 Å². The second kappa shape index (κ2) is 3.74. The summed E-state index contributed by atoms with van der Waals surface area (Å²) in [5.41, 5.74) is 1.11. The number of benzene rings is 1.